The molecule has 24 heavy (non-hydrogen) atoms. The van der Waals surface area contributed by atoms with Crippen LogP contribution in [-0.4, -0.2) is 42.9 Å². The van der Waals surface area contributed by atoms with Crippen LogP contribution < -0.4 is 10.6 Å². The normalized spacial score (nSPS) is 18.2. The molecule has 1 aliphatic rings. The van der Waals surface area contributed by atoms with Gasteiger partial charge in [-0.3, -0.25) is 0 Å². The van der Waals surface area contributed by atoms with E-state index in [1.807, 2.05) is 18.5 Å². The number of anilines is 2. The maximum atomic E-state index is 9.32. The van der Waals surface area contributed by atoms with Crippen molar-refractivity contribution in [2.45, 2.75) is 45.6 Å². The predicted molar refractivity (Wildman–Crippen MR) is 91.7 cm³/mol. The minimum atomic E-state index is -0.0957. The summed E-state index contributed by atoms with van der Waals surface area (Å²) in [5.41, 5.74) is 7.98. The zero-order valence-electron chi connectivity index (χ0n) is 14.5. The van der Waals surface area contributed by atoms with E-state index in [1.54, 1.807) is 0 Å². The molecular weight excluding hydrogens is 306 g/mol. The second kappa shape index (κ2) is 6.72. The fraction of sp³-hybridized carbons (Fsp3) is 0.625. The molecule has 0 aliphatic carbocycles. The Morgan fingerprint density at radius 1 is 1.29 bits per heavy atom. The summed E-state index contributed by atoms with van der Waals surface area (Å²) in [7, 11) is 1.91. The molecule has 8 nitrogen and oxygen atoms in total. The summed E-state index contributed by atoms with van der Waals surface area (Å²) < 4.78 is 1.90. The van der Waals surface area contributed by atoms with Crippen molar-refractivity contribution in [2.75, 3.05) is 23.7 Å². The van der Waals surface area contributed by atoms with Crippen molar-refractivity contribution in [3.63, 3.8) is 0 Å². The molecule has 0 bridgehead atoms. The molecule has 0 amide bonds. The highest BCUT2D eigenvalue weighted by molar-refractivity contribution is 5.52. The molecule has 1 saturated heterocycles. The van der Waals surface area contributed by atoms with Gasteiger partial charge in [0.15, 0.2) is 5.82 Å². The van der Waals surface area contributed by atoms with Crippen LogP contribution in [0.5, 0.6) is 0 Å². The zero-order valence-corrected chi connectivity index (χ0v) is 14.5. The van der Waals surface area contributed by atoms with Crippen LogP contribution in [0.4, 0.5) is 11.8 Å². The van der Waals surface area contributed by atoms with Crippen LogP contribution in [-0.2, 0) is 20.1 Å². The third kappa shape index (κ3) is 2.93. The Bertz CT molecular complexity index is 727. The molecule has 0 unspecified atom stereocenters. The Labute approximate surface area is 141 Å². The Balaban J connectivity index is 1.90. The SMILES string of the molecule is CCc1c(C)nc(N)nc1N1CCC[C@H](c2nnc(CO)n2C)C1. The van der Waals surface area contributed by atoms with Gasteiger partial charge in [-0.1, -0.05) is 6.92 Å². The van der Waals surface area contributed by atoms with Crippen LogP contribution in [0.3, 0.4) is 0 Å². The fourth-order valence-corrected chi connectivity index (χ4v) is 3.53. The standard InChI is InChI=1S/C16H25N7O/c1-4-12-10(2)18-16(17)19-15(12)23-7-5-6-11(8-23)14-21-20-13(9-24)22(14)3/h11,24H,4-9H2,1-3H3,(H2,17,18,19)/t11-/m0/s1. The highest BCUT2D eigenvalue weighted by Crippen LogP contribution is 2.31. The van der Waals surface area contributed by atoms with Gasteiger partial charge in [0, 0.05) is 37.3 Å². The predicted octanol–water partition coefficient (Wildman–Crippen LogP) is 0.934. The molecule has 3 N–H and O–H groups in total. The van der Waals surface area contributed by atoms with Crippen molar-refractivity contribution in [3.05, 3.63) is 22.9 Å². The van der Waals surface area contributed by atoms with Crippen molar-refractivity contribution in [1.29, 1.82) is 0 Å². The van der Waals surface area contributed by atoms with Gasteiger partial charge in [-0.05, 0) is 26.2 Å². The molecule has 1 fully saturated rings. The monoisotopic (exact) mass is 331 g/mol. The third-order valence-electron chi connectivity index (χ3n) is 4.79. The Morgan fingerprint density at radius 3 is 2.75 bits per heavy atom. The molecule has 3 heterocycles. The van der Waals surface area contributed by atoms with Gasteiger partial charge in [-0.2, -0.15) is 4.98 Å². The van der Waals surface area contributed by atoms with Crippen molar-refractivity contribution in [2.24, 2.45) is 7.05 Å². The second-order valence-electron chi connectivity index (χ2n) is 6.30. The third-order valence-corrected chi connectivity index (χ3v) is 4.79. The molecule has 3 rings (SSSR count). The first-order valence-corrected chi connectivity index (χ1v) is 8.42. The number of aliphatic hydroxyl groups is 1. The van der Waals surface area contributed by atoms with E-state index in [0.717, 1.165) is 55.3 Å². The van der Waals surface area contributed by atoms with Crippen LogP contribution in [0.1, 0.15) is 48.6 Å². The molecule has 8 heteroatoms. The molecule has 0 aromatic carbocycles. The maximum Gasteiger partial charge on any atom is 0.222 e. The topological polar surface area (TPSA) is 106 Å². The number of rotatable bonds is 4. The van der Waals surface area contributed by atoms with E-state index in [9.17, 15) is 5.11 Å². The van der Waals surface area contributed by atoms with E-state index < -0.39 is 0 Å². The number of nitrogens with zero attached hydrogens (tertiary/aromatic N) is 6. The highest BCUT2D eigenvalue weighted by Gasteiger charge is 2.28. The molecule has 0 radical (unpaired) electrons. The van der Waals surface area contributed by atoms with Crippen LogP contribution in [0.15, 0.2) is 0 Å². The first kappa shape index (κ1) is 16.6. The van der Waals surface area contributed by atoms with Gasteiger partial charge in [0.1, 0.15) is 18.2 Å². The van der Waals surface area contributed by atoms with Gasteiger partial charge >= 0.3 is 0 Å². The summed E-state index contributed by atoms with van der Waals surface area (Å²) in [5.74, 6) is 3.04. The first-order valence-electron chi connectivity index (χ1n) is 8.42. The molecule has 1 atom stereocenters. The Kier molecular flexibility index (Phi) is 4.66. The van der Waals surface area contributed by atoms with Crippen LogP contribution >= 0.6 is 0 Å². The molecule has 2 aromatic rings. The second-order valence-corrected chi connectivity index (χ2v) is 6.30. The number of aromatic nitrogens is 5. The molecule has 130 valence electrons. The van der Waals surface area contributed by atoms with Gasteiger partial charge in [-0.25, -0.2) is 4.98 Å². The molecule has 0 saturated carbocycles. The van der Waals surface area contributed by atoms with Crippen molar-refractivity contribution in [3.8, 4) is 0 Å². The minimum Gasteiger partial charge on any atom is -0.388 e. The number of aliphatic hydroxyl groups excluding tert-OH is 1. The summed E-state index contributed by atoms with van der Waals surface area (Å²) in [6, 6.07) is 0. The fourth-order valence-electron chi connectivity index (χ4n) is 3.53. The van der Waals surface area contributed by atoms with Crippen LogP contribution in [0.25, 0.3) is 0 Å². The highest BCUT2D eigenvalue weighted by atomic mass is 16.3. The Morgan fingerprint density at radius 2 is 2.08 bits per heavy atom. The van der Waals surface area contributed by atoms with Gasteiger partial charge in [-0.15, -0.1) is 10.2 Å². The molecule has 2 aromatic heterocycles. The summed E-state index contributed by atoms with van der Waals surface area (Å²) in [6.45, 7) is 5.77. The summed E-state index contributed by atoms with van der Waals surface area (Å²) >= 11 is 0. The average Bonchev–Trinajstić information content (AvgIpc) is 2.95. The van der Waals surface area contributed by atoms with Crippen molar-refractivity contribution in [1.82, 2.24) is 24.7 Å². The quantitative estimate of drug-likeness (QED) is 0.858. The number of piperidine rings is 1. The number of nitrogens with two attached hydrogens (primary N) is 1. The molecular formula is C16H25N7O. The lowest BCUT2D eigenvalue weighted by atomic mass is 9.96. The maximum absolute atomic E-state index is 9.32. The van der Waals surface area contributed by atoms with E-state index in [2.05, 4.69) is 32.0 Å². The lowest BCUT2D eigenvalue weighted by Gasteiger charge is -2.34. The van der Waals surface area contributed by atoms with E-state index >= 15 is 0 Å². The number of hydrogen-bond acceptors (Lipinski definition) is 7. The van der Waals surface area contributed by atoms with Crippen molar-refractivity contribution < 1.29 is 5.11 Å². The van der Waals surface area contributed by atoms with Gasteiger partial charge < -0.3 is 20.3 Å². The lowest BCUT2D eigenvalue weighted by molar-refractivity contribution is 0.266. The largest absolute Gasteiger partial charge is 0.388 e. The van der Waals surface area contributed by atoms with E-state index in [1.165, 1.54) is 0 Å². The number of aryl methyl sites for hydroxylation is 1. The number of hydrogen-bond donors (Lipinski definition) is 2. The minimum absolute atomic E-state index is 0.0957. The summed E-state index contributed by atoms with van der Waals surface area (Å²) in [6.07, 6.45) is 2.98. The summed E-state index contributed by atoms with van der Waals surface area (Å²) in [4.78, 5) is 11.1. The number of nitrogen functional groups attached to an aromatic ring is 1. The average molecular weight is 331 g/mol. The van der Waals surface area contributed by atoms with Crippen LogP contribution in [0, 0.1) is 6.92 Å². The zero-order chi connectivity index (χ0) is 17.3. The smallest absolute Gasteiger partial charge is 0.222 e. The van der Waals surface area contributed by atoms with Gasteiger partial charge in [0.25, 0.3) is 0 Å². The Hall–Kier alpha value is -2.22. The van der Waals surface area contributed by atoms with E-state index in [4.69, 9.17) is 5.73 Å². The molecule has 0 spiro atoms. The van der Waals surface area contributed by atoms with Gasteiger partial charge in [0.05, 0.1) is 0 Å². The van der Waals surface area contributed by atoms with Crippen LogP contribution in [0.2, 0.25) is 0 Å². The van der Waals surface area contributed by atoms with E-state index in [-0.39, 0.29) is 12.5 Å². The van der Waals surface area contributed by atoms with E-state index in [0.29, 0.717) is 11.8 Å². The van der Waals surface area contributed by atoms with Gasteiger partial charge in [0.2, 0.25) is 5.95 Å². The molecule has 1 aliphatic heterocycles. The van der Waals surface area contributed by atoms with Crippen molar-refractivity contribution >= 4 is 11.8 Å². The first-order chi connectivity index (χ1) is 11.5. The lowest BCUT2D eigenvalue weighted by Crippen LogP contribution is -2.37. The summed E-state index contributed by atoms with van der Waals surface area (Å²) in [5, 5.41) is 17.7.